The van der Waals surface area contributed by atoms with E-state index in [2.05, 4.69) is 10.3 Å². The minimum Gasteiger partial charge on any atom is -0.345 e. The Balaban J connectivity index is 2.24. The Labute approximate surface area is 135 Å². The Hall–Kier alpha value is -1.72. The summed E-state index contributed by atoms with van der Waals surface area (Å²) in [6.07, 6.45) is 1.63. The van der Waals surface area contributed by atoms with E-state index >= 15 is 0 Å². The van der Waals surface area contributed by atoms with Crippen LogP contribution in [0.4, 0.5) is 0 Å². The fraction of sp³-hybridized carbons (Fsp3) is 0.412. The van der Waals surface area contributed by atoms with E-state index < -0.39 is 0 Å². The van der Waals surface area contributed by atoms with Crippen LogP contribution in [0, 0.1) is 6.92 Å². The molecule has 0 atom stereocenters. The first-order valence-corrected chi connectivity index (χ1v) is 8.46. The maximum Gasteiger partial charge on any atom is 0.251 e. The van der Waals surface area contributed by atoms with Gasteiger partial charge in [0, 0.05) is 28.7 Å². The molecule has 0 aliphatic carbocycles. The quantitative estimate of drug-likeness (QED) is 0.858. The molecule has 0 bridgehead atoms. The molecule has 4 nitrogen and oxygen atoms in total. The molecule has 1 aromatic heterocycles. The van der Waals surface area contributed by atoms with Crippen LogP contribution >= 0.6 is 11.3 Å². The molecule has 1 heterocycles. The van der Waals surface area contributed by atoms with Crippen LogP contribution in [0.1, 0.15) is 42.7 Å². The normalized spacial score (nSPS) is 11.5. The number of aromatic nitrogens is 1. The second kappa shape index (κ2) is 7.03. The zero-order valence-corrected chi connectivity index (χ0v) is 14.2. The second-order valence-corrected chi connectivity index (χ2v) is 6.38. The lowest BCUT2D eigenvalue weighted by Gasteiger charge is -2.31. The monoisotopic (exact) mass is 317 g/mol. The zero-order chi connectivity index (χ0) is 16.2. The maximum absolute atomic E-state index is 12.5. The molecule has 0 saturated heterocycles. The van der Waals surface area contributed by atoms with Gasteiger partial charge in [0.05, 0.1) is 5.54 Å². The molecule has 1 amide bonds. The number of nitrogens with one attached hydrogen (secondary N) is 1. The van der Waals surface area contributed by atoms with E-state index in [0.29, 0.717) is 12.1 Å². The Morgan fingerprint density at radius 1 is 1.36 bits per heavy atom. The van der Waals surface area contributed by atoms with Gasteiger partial charge in [-0.05, 0) is 31.9 Å². The first-order valence-electron chi connectivity index (χ1n) is 7.58. The van der Waals surface area contributed by atoms with E-state index in [4.69, 9.17) is 5.73 Å². The summed E-state index contributed by atoms with van der Waals surface area (Å²) in [5.41, 5.74) is 8.13. The molecular weight excluding hydrogens is 294 g/mol. The predicted molar refractivity (Wildman–Crippen MR) is 92.1 cm³/mol. The van der Waals surface area contributed by atoms with Crippen molar-refractivity contribution in [3.63, 3.8) is 0 Å². The number of nitrogens with zero attached hydrogens (tertiary/aromatic N) is 1. The van der Waals surface area contributed by atoms with Gasteiger partial charge in [-0.15, -0.1) is 11.3 Å². The van der Waals surface area contributed by atoms with Crippen LogP contribution in [0.5, 0.6) is 0 Å². The van der Waals surface area contributed by atoms with Gasteiger partial charge in [0.1, 0.15) is 5.01 Å². The Bertz CT molecular complexity index is 639. The van der Waals surface area contributed by atoms with Gasteiger partial charge in [-0.25, -0.2) is 4.98 Å². The fourth-order valence-corrected chi connectivity index (χ4v) is 3.15. The van der Waals surface area contributed by atoms with Crippen LogP contribution in [0.2, 0.25) is 0 Å². The van der Waals surface area contributed by atoms with E-state index in [1.165, 1.54) is 0 Å². The highest BCUT2D eigenvalue weighted by atomic mass is 32.1. The number of nitrogens with two attached hydrogens (primary N) is 1. The maximum atomic E-state index is 12.5. The molecule has 3 N–H and O–H groups in total. The molecule has 0 aliphatic rings. The van der Waals surface area contributed by atoms with Crippen LogP contribution in [-0.2, 0) is 0 Å². The Morgan fingerprint density at radius 3 is 2.64 bits per heavy atom. The van der Waals surface area contributed by atoms with Gasteiger partial charge in [-0.1, -0.05) is 26.0 Å². The van der Waals surface area contributed by atoms with Crippen LogP contribution < -0.4 is 11.1 Å². The van der Waals surface area contributed by atoms with Crippen LogP contribution in [0.3, 0.4) is 0 Å². The van der Waals surface area contributed by atoms with Crippen molar-refractivity contribution in [1.82, 2.24) is 10.3 Å². The van der Waals surface area contributed by atoms with Crippen LogP contribution in [0.15, 0.2) is 29.6 Å². The lowest BCUT2D eigenvalue weighted by Crippen LogP contribution is -2.52. The number of amides is 1. The molecule has 0 aliphatic heterocycles. The van der Waals surface area contributed by atoms with Crippen LogP contribution in [0.25, 0.3) is 10.6 Å². The summed E-state index contributed by atoms with van der Waals surface area (Å²) < 4.78 is 0. The van der Waals surface area contributed by atoms with Gasteiger partial charge < -0.3 is 11.1 Å². The smallest absolute Gasteiger partial charge is 0.251 e. The lowest BCUT2D eigenvalue weighted by molar-refractivity contribution is 0.0895. The van der Waals surface area contributed by atoms with E-state index in [1.807, 2.05) is 50.4 Å². The highest BCUT2D eigenvalue weighted by Crippen LogP contribution is 2.24. The summed E-state index contributed by atoms with van der Waals surface area (Å²) in [6.45, 7) is 6.50. The van der Waals surface area contributed by atoms with E-state index in [-0.39, 0.29) is 11.4 Å². The zero-order valence-electron chi connectivity index (χ0n) is 13.3. The molecule has 0 spiro atoms. The summed E-state index contributed by atoms with van der Waals surface area (Å²) in [4.78, 5) is 17.0. The van der Waals surface area contributed by atoms with Crippen molar-refractivity contribution in [2.45, 2.75) is 39.2 Å². The number of carbonyl (C=O) groups excluding carboxylic acids is 1. The van der Waals surface area contributed by atoms with Gasteiger partial charge in [-0.2, -0.15) is 0 Å². The Kier molecular flexibility index (Phi) is 5.32. The highest BCUT2D eigenvalue weighted by molar-refractivity contribution is 7.13. The number of hydrogen-bond acceptors (Lipinski definition) is 4. The van der Waals surface area contributed by atoms with Crippen molar-refractivity contribution in [2.24, 2.45) is 5.73 Å². The molecule has 1 aromatic carbocycles. The third-order valence-electron chi connectivity index (χ3n) is 4.11. The first kappa shape index (κ1) is 16.6. The van der Waals surface area contributed by atoms with Crippen molar-refractivity contribution < 1.29 is 4.79 Å². The predicted octanol–water partition coefficient (Wildman–Crippen LogP) is 3.37. The molecule has 5 heteroatoms. The number of hydrogen-bond donors (Lipinski definition) is 2. The van der Waals surface area contributed by atoms with Crippen molar-refractivity contribution in [2.75, 3.05) is 6.54 Å². The lowest BCUT2D eigenvalue weighted by atomic mass is 9.92. The van der Waals surface area contributed by atoms with Gasteiger partial charge in [-0.3, -0.25) is 4.79 Å². The van der Waals surface area contributed by atoms with Crippen LogP contribution in [-0.4, -0.2) is 23.0 Å². The largest absolute Gasteiger partial charge is 0.345 e. The molecule has 0 unspecified atom stereocenters. The minimum absolute atomic E-state index is 0.0794. The summed E-state index contributed by atoms with van der Waals surface area (Å²) in [5, 5.41) is 6.04. The number of rotatable bonds is 6. The van der Waals surface area contributed by atoms with Crippen molar-refractivity contribution in [3.05, 3.63) is 40.9 Å². The highest BCUT2D eigenvalue weighted by Gasteiger charge is 2.26. The molecule has 22 heavy (non-hydrogen) atoms. The first-order chi connectivity index (χ1) is 10.5. The number of carbonyl (C=O) groups is 1. The van der Waals surface area contributed by atoms with Gasteiger partial charge >= 0.3 is 0 Å². The second-order valence-electron chi connectivity index (χ2n) is 5.52. The standard InChI is InChI=1S/C17H23N3OS/c1-4-17(5-2,11-18)20-15(21)13-7-6-8-14(9-13)16-19-12(3)10-22-16/h6-10H,4-5,11,18H2,1-3H3,(H,20,21). The number of aryl methyl sites for hydroxylation is 1. The summed E-state index contributed by atoms with van der Waals surface area (Å²) in [7, 11) is 0. The molecule has 2 rings (SSSR count). The van der Waals surface area contributed by atoms with E-state index in [0.717, 1.165) is 29.1 Å². The average Bonchev–Trinajstić information content (AvgIpc) is 2.99. The van der Waals surface area contributed by atoms with Gasteiger partial charge in [0.15, 0.2) is 0 Å². The van der Waals surface area contributed by atoms with Crippen molar-refractivity contribution in [3.8, 4) is 10.6 Å². The van der Waals surface area contributed by atoms with E-state index in [9.17, 15) is 4.79 Å². The average molecular weight is 317 g/mol. The molecule has 0 saturated carbocycles. The number of thiazole rings is 1. The number of benzene rings is 1. The molecular formula is C17H23N3OS. The molecule has 118 valence electrons. The SMILES string of the molecule is CCC(CC)(CN)NC(=O)c1cccc(-c2nc(C)cs2)c1. The van der Waals surface area contributed by atoms with Gasteiger partial charge in [0.25, 0.3) is 5.91 Å². The van der Waals surface area contributed by atoms with Gasteiger partial charge in [0.2, 0.25) is 0 Å². The molecule has 0 fully saturated rings. The summed E-state index contributed by atoms with van der Waals surface area (Å²) in [5.74, 6) is -0.0794. The molecule has 2 aromatic rings. The summed E-state index contributed by atoms with van der Waals surface area (Å²) in [6, 6.07) is 7.58. The molecule has 0 radical (unpaired) electrons. The summed E-state index contributed by atoms with van der Waals surface area (Å²) >= 11 is 1.59. The fourth-order valence-electron chi connectivity index (χ4n) is 2.36. The third-order valence-corrected chi connectivity index (χ3v) is 5.12. The van der Waals surface area contributed by atoms with Crippen molar-refractivity contribution in [1.29, 1.82) is 0 Å². The Morgan fingerprint density at radius 2 is 2.09 bits per heavy atom. The van der Waals surface area contributed by atoms with Crippen molar-refractivity contribution >= 4 is 17.2 Å². The minimum atomic E-state index is -0.329. The topological polar surface area (TPSA) is 68.0 Å². The third kappa shape index (κ3) is 3.54. The van der Waals surface area contributed by atoms with E-state index in [1.54, 1.807) is 11.3 Å².